The fraction of sp³-hybridized carbons (Fsp3) is 0.0800. The Morgan fingerprint density at radius 2 is 1.42 bits per heavy atom. The maximum Gasteiger partial charge on any atom is 0.338 e. The molecular weight excluding hydrogens is 460 g/mol. The van der Waals surface area contributed by atoms with Crippen molar-refractivity contribution in [2.45, 2.75) is 6.92 Å². The van der Waals surface area contributed by atoms with Crippen LogP contribution in [0, 0.1) is 0 Å². The first-order valence-electron chi connectivity index (χ1n) is 11.1. The number of hydrogen-bond donors (Lipinski definition) is 5. The first-order chi connectivity index (χ1) is 17.6. The Kier molecular flexibility index (Phi) is 6.26. The summed E-state index contributed by atoms with van der Waals surface area (Å²) in [6, 6.07) is 18.1. The van der Waals surface area contributed by atoms with Crippen molar-refractivity contribution in [3.05, 3.63) is 77.4 Å². The van der Waals surface area contributed by atoms with E-state index in [9.17, 15) is 9.90 Å². The second-order valence-electron chi connectivity index (χ2n) is 7.67. The maximum absolute atomic E-state index is 12.4. The maximum atomic E-state index is 12.4. The molecule has 11 heteroatoms. The highest BCUT2D eigenvalue weighted by Gasteiger charge is 2.14. The number of anilines is 2. The Labute approximate surface area is 204 Å². The Bertz CT molecular complexity index is 1430. The molecule has 0 unspecified atom stereocenters. The minimum Gasteiger partial charge on any atom is -0.507 e. The Morgan fingerprint density at radius 3 is 1.89 bits per heavy atom. The lowest BCUT2D eigenvalue weighted by molar-refractivity contribution is 0.0526. The van der Waals surface area contributed by atoms with Crippen molar-refractivity contribution in [2.24, 2.45) is 10.2 Å². The molecule has 0 saturated carbocycles. The molecule has 180 valence electrons. The number of aromatic hydroxyl groups is 1. The highest BCUT2D eigenvalue weighted by molar-refractivity contribution is 5.99. The number of carbonyl (C=O) groups excluding carboxylic acids is 1. The fourth-order valence-electron chi connectivity index (χ4n) is 3.55. The lowest BCUT2D eigenvalue weighted by Crippen LogP contribution is -2.07. The number of carbonyl (C=O) groups is 1. The van der Waals surface area contributed by atoms with Crippen molar-refractivity contribution < 1.29 is 14.6 Å². The van der Waals surface area contributed by atoms with Gasteiger partial charge in [-0.2, -0.15) is 10.2 Å². The molecule has 0 atom stereocenters. The van der Waals surface area contributed by atoms with E-state index in [0.29, 0.717) is 11.9 Å². The predicted octanol–water partition coefficient (Wildman–Crippen LogP) is 4.21. The van der Waals surface area contributed by atoms with Crippen molar-refractivity contribution >= 4 is 52.4 Å². The highest BCUT2D eigenvalue weighted by Crippen LogP contribution is 2.23. The van der Waals surface area contributed by atoms with Gasteiger partial charge in [-0.1, -0.05) is 24.3 Å². The third-order valence-corrected chi connectivity index (χ3v) is 5.21. The van der Waals surface area contributed by atoms with Crippen LogP contribution in [-0.4, -0.2) is 50.0 Å². The van der Waals surface area contributed by atoms with Crippen LogP contribution in [-0.2, 0) is 4.74 Å². The molecule has 36 heavy (non-hydrogen) atoms. The number of para-hydroxylation sites is 4. The van der Waals surface area contributed by atoms with Gasteiger partial charge in [0.05, 0.1) is 46.7 Å². The Balaban J connectivity index is 1.38. The van der Waals surface area contributed by atoms with Crippen molar-refractivity contribution in [3.8, 4) is 5.75 Å². The summed E-state index contributed by atoms with van der Waals surface area (Å²) in [4.78, 5) is 27.4. The van der Waals surface area contributed by atoms with Gasteiger partial charge in [-0.15, -0.1) is 0 Å². The first kappa shape index (κ1) is 22.6. The lowest BCUT2D eigenvalue weighted by Gasteiger charge is -2.08. The van der Waals surface area contributed by atoms with Crippen LogP contribution < -0.4 is 10.9 Å². The van der Waals surface area contributed by atoms with Gasteiger partial charge in [0.2, 0.25) is 11.9 Å². The second-order valence-corrected chi connectivity index (χ2v) is 7.67. The van der Waals surface area contributed by atoms with Crippen LogP contribution in [0.4, 0.5) is 11.9 Å². The number of esters is 1. The number of imidazole rings is 2. The molecule has 5 rings (SSSR count). The number of phenolic OH excluding ortho intramolecular Hbond substituents is 1. The molecule has 11 nitrogen and oxygen atoms in total. The van der Waals surface area contributed by atoms with Gasteiger partial charge in [-0.25, -0.2) is 25.6 Å². The van der Waals surface area contributed by atoms with Gasteiger partial charge in [0.15, 0.2) is 0 Å². The van der Waals surface area contributed by atoms with Crippen molar-refractivity contribution in [2.75, 3.05) is 17.5 Å². The molecule has 2 heterocycles. The molecule has 0 aliphatic rings. The molecule has 0 aliphatic heterocycles. The Hall–Kier alpha value is -5.19. The smallest absolute Gasteiger partial charge is 0.338 e. The van der Waals surface area contributed by atoms with Crippen LogP contribution >= 0.6 is 0 Å². The molecule has 0 bridgehead atoms. The molecular formula is C25H22N8O3. The van der Waals surface area contributed by atoms with Crippen LogP contribution in [0.1, 0.15) is 28.4 Å². The third-order valence-electron chi connectivity index (χ3n) is 5.21. The minimum absolute atomic E-state index is 0.117. The van der Waals surface area contributed by atoms with E-state index in [1.807, 2.05) is 48.5 Å². The molecule has 0 spiro atoms. The molecule has 5 N–H and O–H groups in total. The van der Waals surface area contributed by atoms with Crippen LogP contribution in [0.3, 0.4) is 0 Å². The summed E-state index contributed by atoms with van der Waals surface area (Å²) < 4.78 is 5.12. The summed E-state index contributed by atoms with van der Waals surface area (Å²) in [5.74, 6) is 0.223. The Morgan fingerprint density at radius 1 is 0.917 bits per heavy atom. The van der Waals surface area contributed by atoms with E-state index < -0.39 is 5.97 Å². The van der Waals surface area contributed by atoms with Gasteiger partial charge in [0.1, 0.15) is 5.75 Å². The number of fused-ring (bicyclic) bond motifs is 2. The van der Waals surface area contributed by atoms with Crippen molar-refractivity contribution in [1.82, 2.24) is 19.9 Å². The van der Waals surface area contributed by atoms with Crippen LogP contribution in [0.15, 0.2) is 70.9 Å². The molecule has 2 aromatic heterocycles. The van der Waals surface area contributed by atoms with Crippen LogP contribution in [0.5, 0.6) is 5.75 Å². The zero-order valence-electron chi connectivity index (χ0n) is 19.2. The fourth-order valence-corrected chi connectivity index (χ4v) is 3.55. The number of nitrogens with one attached hydrogen (secondary N) is 4. The number of phenols is 1. The number of rotatable bonds is 8. The summed E-state index contributed by atoms with van der Waals surface area (Å²) in [6.45, 7) is 1.94. The van der Waals surface area contributed by atoms with E-state index in [4.69, 9.17) is 4.74 Å². The monoisotopic (exact) mass is 482 g/mol. The number of H-pyrrole nitrogens is 2. The van der Waals surface area contributed by atoms with Crippen molar-refractivity contribution in [1.29, 1.82) is 0 Å². The summed E-state index contributed by atoms with van der Waals surface area (Å²) in [7, 11) is 0. The predicted molar refractivity (Wildman–Crippen MR) is 139 cm³/mol. The van der Waals surface area contributed by atoms with Gasteiger partial charge in [-0.3, -0.25) is 0 Å². The van der Waals surface area contributed by atoms with E-state index in [0.717, 1.165) is 22.1 Å². The average Bonchev–Trinajstić information content (AvgIpc) is 3.49. The van der Waals surface area contributed by atoms with Crippen LogP contribution in [0.25, 0.3) is 22.1 Å². The molecule has 0 amide bonds. The number of aromatic amines is 2. The number of benzene rings is 3. The average molecular weight is 483 g/mol. The summed E-state index contributed by atoms with van der Waals surface area (Å²) in [6.07, 6.45) is 2.77. The van der Waals surface area contributed by atoms with E-state index >= 15 is 0 Å². The SMILES string of the molecule is CCOC(=O)c1cc(/C=N/Nc2nc3ccccc3[nH]2)c(O)c(/C=N/Nc2nc3ccccc3[nH]2)c1. The van der Waals surface area contributed by atoms with E-state index in [1.165, 1.54) is 24.6 Å². The number of hydrazone groups is 2. The van der Waals surface area contributed by atoms with Gasteiger partial charge >= 0.3 is 5.97 Å². The quantitative estimate of drug-likeness (QED) is 0.126. The number of nitrogens with zero attached hydrogens (tertiary/aromatic N) is 4. The number of ether oxygens (including phenoxy) is 1. The zero-order chi connectivity index (χ0) is 24.9. The van der Waals surface area contributed by atoms with Gasteiger partial charge in [-0.05, 0) is 43.3 Å². The van der Waals surface area contributed by atoms with Gasteiger partial charge in [0, 0.05) is 11.1 Å². The summed E-state index contributed by atoms with van der Waals surface area (Å²) >= 11 is 0. The normalized spacial score (nSPS) is 11.6. The molecule has 0 saturated heterocycles. The topological polar surface area (TPSA) is 153 Å². The molecule has 0 fully saturated rings. The van der Waals surface area contributed by atoms with E-state index in [1.54, 1.807) is 6.92 Å². The van der Waals surface area contributed by atoms with Gasteiger partial charge in [0.25, 0.3) is 0 Å². The van der Waals surface area contributed by atoms with Crippen LogP contribution in [0.2, 0.25) is 0 Å². The van der Waals surface area contributed by atoms with Crippen molar-refractivity contribution in [3.63, 3.8) is 0 Å². The zero-order valence-corrected chi connectivity index (χ0v) is 19.2. The second kappa shape index (κ2) is 9.97. The molecule has 5 aromatic rings. The largest absolute Gasteiger partial charge is 0.507 e. The summed E-state index contributed by atoms with van der Waals surface area (Å²) in [5.41, 5.74) is 9.71. The van der Waals surface area contributed by atoms with Gasteiger partial charge < -0.3 is 19.8 Å². The molecule has 0 radical (unpaired) electrons. The third kappa shape index (κ3) is 4.85. The summed E-state index contributed by atoms with van der Waals surface area (Å²) in [5, 5.41) is 19.1. The van der Waals surface area contributed by atoms with E-state index in [2.05, 4.69) is 41.0 Å². The number of hydrogen-bond acceptors (Lipinski definition) is 9. The number of aromatic nitrogens is 4. The van der Waals surface area contributed by atoms with E-state index in [-0.39, 0.29) is 29.0 Å². The highest BCUT2D eigenvalue weighted by atomic mass is 16.5. The standard InChI is InChI=1S/C25H22N8O3/c1-2-36-23(35)15-11-16(13-26-32-24-28-18-7-3-4-8-19(18)29-24)22(34)17(12-15)14-27-33-25-30-20-9-5-6-10-21(20)31-25/h3-14,34H,2H2,1H3,(H2,28,29,32)(H2,30,31,33)/b26-13+,27-14+. The minimum atomic E-state index is -0.530. The molecule has 3 aromatic carbocycles. The first-order valence-corrected chi connectivity index (χ1v) is 11.1. The molecule has 0 aliphatic carbocycles. The lowest BCUT2D eigenvalue weighted by atomic mass is 10.0.